The van der Waals surface area contributed by atoms with Crippen molar-refractivity contribution in [3.05, 3.63) is 46.0 Å². The average Bonchev–Trinajstić information content (AvgIpc) is 3.17. The first-order chi connectivity index (χ1) is 10.7. The Morgan fingerprint density at radius 2 is 2.36 bits per heavy atom. The molecule has 1 aliphatic heterocycles. The quantitative estimate of drug-likeness (QED) is 0.848. The van der Waals surface area contributed by atoms with E-state index in [-0.39, 0.29) is 5.91 Å². The minimum absolute atomic E-state index is 0.147. The summed E-state index contributed by atoms with van der Waals surface area (Å²) in [6, 6.07) is 6.34. The molecule has 2 aromatic rings. The van der Waals surface area contributed by atoms with Crippen molar-refractivity contribution in [3.63, 3.8) is 0 Å². The van der Waals surface area contributed by atoms with E-state index in [0.29, 0.717) is 19.1 Å². The van der Waals surface area contributed by atoms with E-state index in [1.807, 2.05) is 30.5 Å². The van der Waals surface area contributed by atoms with Gasteiger partial charge in [0.15, 0.2) is 0 Å². The number of hydrogen-bond acceptors (Lipinski definition) is 4. The van der Waals surface area contributed by atoms with Crippen LogP contribution in [0.25, 0.3) is 0 Å². The second-order valence-electron chi connectivity index (χ2n) is 5.77. The Hall–Kier alpha value is -1.59. The first kappa shape index (κ1) is 15.3. The van der Waals surface area contributed by atoms with Crippen molar-refractivity contribution in [2.75, 3.05) is 20.1 Å². The van der Waals surface area contributed by atoms with Gasteiger partial charge in [-0.25, -0.2) is 0 Å². The molecule has 4 nitrogen and oxygen atoms in total. The van der Waals surface area contributed by atoms with Crippen molar-refractivity contribution in [1.29, 1.82) is 0 Å². The Morgan fingerprint density at radius 1 is 1.50 bits per heavy atom. The number of amides is 1. The number of hydrogen-bond donors (Lipinski definition) is 0. The largest absolute Gasteiger partial charge is 0.467 e. The summed E-state index contributed by atoms with van der Waals surface area (Å²) in [6.45, 7) is 4.17. The first-order valence-electron chi connectivity index (χ1n) is 7.75. The lowest BCUT2D eigenvalue weighted by atomic mass is 9.98. The van der Waals surface area contributed by atoms with E-state index < -0.39 is 0 Å². The Bertz CT molecular complexity index is 620. The van der Waals surface area contributed by atoms with Crippen molar-refractivity contribution >= 4 is 17.2 Å². The molecule has 0 saturated carbocycles. The molecule has 0 saturated heterocycles. The highest BCUT2D eigenvalue weighted by Gasteiger charge is 2.28. The smallest absolute Gasteiger partial charge is 0.236 e. The zero-order valence-electron chi connectivity index (χ0n) is 13.1. The molecule has 0 radical (unpaired) electrons. The number of furan rings is 1. The van der Waals surface area contributed by atoms with Crippen LogP contribution in [0.1, 0.15) is 35.6 Å². The van der Waals surface area contributed by atoms with Crippen LogP contribution < -0.4 is 0 Å². The SMILES string of the molecule is CC[C@H]1c2ccsc2CCN1CC(=O)N(C)Cc1ccco1. The van der Waals surface area contributed by atoms with Crippen LogP contribution in [0, 0.1) is 0 Å². The molecular formula is C17H22N2O2S. The maximum atomic E-state index is 12.5. The van der Waals surface area contributed by atoms with Gasteiger partial charge in [-0.3, -0.25) is 9.69 Å². The van der Waals surface area contributed by atoms with Gasteiger partial charge in [0, 0.05) is 24.5 Å². The van der Waals surface area contributed by atoms with Crippen molar-refractivity contribution in [3.8, 4) is 0 Å². The molecule has 22 heavy (non-hydrogen) atoms. The lowest BCUT2D eigenvalue weighted by Crippen LogP contribution is -2.42. The van der Waals surface area contributed by atoms with E-state index in [4.69, 9.17) is 4.42 Å². The van der Waals surface area contributed by atoms with E-state index in [2.05, 4.69) is 23.3 Å². The highest BCUT2D eigenvalue weighted by atomic mass is 32.1. The molecule has 0 unspecified atom stereocenters. The van der Waals surface area contributed by atoms with Crippen LogP contribution in [0.4, 0.5) is 0 Å². The van der Waals surface area contributed by atoms with Gasteiger partial charge in [-0.05, 0) is 42.0 Å². The summed E-state index contributed by atoms with van der Waals surface area (Å²) in [6.07, 6.45) is 3.74. The second kappa shape index (κ2) is 6.67. The lowest BCUT2D eigenvalue weighted by Gasteiger charge is -2.35. The molecular weight excluding hydrogens is 296 g/mol. The fourth-order valence-corrected chi connectivity index (χ4v) is 4.06. The fourth-order valence-electron chi connectivity index (χ4n) is 3.13. The zero-order valence-corrected chi connectivity index (χ0v) is 13.9. The molecule has 1 atom stereocenters. The molecule has 0 N–H and O–H groups in total. The van der Waals surface area contributed by atoms with Gasteiger partial charge in [0.25, 0.3) is 0 Å². The number of likely N-dealkylation sites (N-methyl/N-ethyl adjacent to an activating group) is 1. The summed E-state index contributed by atoms with van der Waals surface area (Å²) in [5.41, 5.74) is 1.42. The van der Waals surface area contributed by atoms with Crippen LogP contribution in [-0.2, 0) is 17.8 Å². The Morgan fingerprint density at radius 3 is 3.09 bits per heavy atom. The maximum Gasteiger partial charge on any atom is 0.236 e. The summed E-state index contributed by atoms with van der Waals surface area (Å²) in [7, 11) is 1.84. The normalized spacial score (nSPS) is 18.2. The molecule has 118 valence electrons. The average molecular weight is 318 g/mol. The Balaban J connectivity index is 1.63. The third-order valence-corrected chi connectivity index (χ3v) is 5.33. The molecule has 0 bridgehead atoms. The zero-order chi connectivity index (χ0) is 15.5. The topological polar surface area (TPSA) is 36.7 Å². The predicted octanol–water partition coefficient (Wildman–Crippen LogP) is 3.31. The predicted molar refractivity (Wildman–Crippen MR) is 87.8 cm³/mol. The molecule has 1 amide bonds. The van der Waals surface area contributed by atoms with E-state index in [0.717, 1.165) is 25.1 Å². The Labute approximate surface area is 135 Å². The summed E-state index contributed by atoms with van der Waals surface area (Å²) in [4.78, 5) is 18.0. The van der Waals surface area contributed by atoms with Crippen LogP contribution in [0.3, 0.4) is 0 Å². The minimum Gasteiger partial charge on any atom is -0.467 e. The van der Waals surface area contributed by atoms with E-state index in [9.17, 15) is 4.79 Å². The van der Waals surface area contributed by atoms with Crippen molar-refractivity contribution in [1.82, 2.24) is 9.80 Å². The van der Waals surface area contributed by atoms with Gasteiger partial charge in [-0.15, -0.1) is 11.3 Å². The molecule has 0 fully saturated rings. The molecule has 2 aromatic heterocycles. The fraction of sp³-hybridized carbons (Fsp3) is 0.471. The molecule has 5 heteroatoms. The summed E-state index contributed by atoms with van der Waals surface area (Å²) in [5.74, 6) is 0.968. The number of nitrogens with zero attached hydrogens (tertiary/aromatic N) is 2. The number of carbonyl (C=O) groups excluding carboxylic acids is 1. The Kier molecular flexibility index (Phi) is 4.64. The van der Waals surface area contributed by atoms with E-state index in [1.165, 1.54) is 10.4 Å². The number of rotatable bonds is 5. The molecule has 0 aromatic carbocycles. The van der Waals surface area contributed by atoms with Gasteiger partial charge < -0.3 is 9.32 Å². The summed E-state index contributed by atoms with van der Waals surface area (Å²) < 4.78 is 5.32. The second-order valence-corrected chi connectivity index (χ2v) is 6.77. The minimum atomic E-state index is 0.147. The third-order valence-electron chi connectivity index (χ3n) is 4.33. The van der Waals surface area contributed by atoms with Crippen LogP contribution in [-0.4, -0.2) is 35.8 Å². The first-order valence-corrected chi connectivity index (χ1v) is 8.63. The monoisotopic (exact) mass is 318 g/mol. The molecule has 3 heterocycles. The van der Waals surface area contributed by atoms with Crippen LogP contribution in [0.5, 0.6) is 0 Å². The van der Waals surface area contributed by atoms with Crippen molar-refractivity contribution in [2.45, 2.75) is 32.4 Å². The summed E-state index contributed by atoms with van der Waals surface area (Å²) in [5, 5.41) is 2.17. The van der Waals surface area contributed by atoms with Gasteiger partial charge in [0.05, 0.1) is 19.4 Å². The van der Waals surface area contributed by atoms with Gasteiger partial charge in [0.1, 0.15) is 5.76 Å². The number of carbonyl (C=O) groups is 1. The van der Waals surface area contributed by atoms with Crippen molar-refractivity contribution in [2.24, 2.45) is 0 Å². The molecule has 0 aliphatic carbocycles. The van der Waals surface area contributed by atoms with Gasteiger partial charge in [-0.1, -0.05) is 6.92 Å². The molecule has 3 rings (SSSR count). The summed E-state index contributed by atoms with van der Waals surface area (Å²) >= 11 is 1.84. The maximum absolute atomic E-state index is 12.5. The van der Waals surface area contributed by atoms with Crippen LogP contribution in [0.2, 0.25) is 0 Å². The number of fused-ring (bicyclic) bond motifs is 1. The van der Waals surface area contributed by atoms with Crippen molar-refractivity contribution < 1.29 is 9.21 Å². The highest BCUT2D eigenvalue weighted by Crippen LogP contribution is 2.34. The van der Waals surface area contributed by atoms with Gasteiger partial charge in [-0.2, -0.15) is 0 Å². The van der Waals surface area contributed by atoms with E-state index in [1.54, 1.807) is 11.2 Å². The van der Waals surface area contributed by atoms with E-state index >= 15 is 0 Å². The van der Waals surface area contributed by atoms with Crippen LogP contribution in [0.15, 0.2) is 34.3 Å². The van der Waals surface area contributed by atoms with Gasteiger partial charge >= 0.3 is 0 Å². The van der Waals surface area contributed by atoms with Gasteiger partial charge in [0.2, 0.25) is 5.91 Å². The molecule has 0 spiro atoms. The highest BCUT2D eigenvalue weighted by molar-refractivity contribution is 7.10. The molecule has 1 aliphatic rings. The number of thiophene rings is 1. The third kappa shape index (κ3) is 3.10. The standard InChI is InChI=1S/C17H22N2O2S/c1-3-15-14-7-10-22-16(14)6-8-19(15)12-17(20)18(2)11-13-5-4-9-21-13/h4-5,7,9-10,15H,3,6,8,11-12H2,1-2H3/t15-/m0/s1. The lowest BCUT2D eigenvalue weighted by molar-refractivity contribution is -0.132. The van der Waals surface area contributed by atoms with Crippen LogP contribution >= 0.6 is 11.3 Å².